The molecule has 27 heavy (non-hydrogen) atoms. The number of carbonyl (C=O) groups excluding carboxylic acids is 2. The Labute approximate surface area is 169 Å². The first-order chi connectivity index (χ1) is 13.0. The lowest BCUT2D eigenvalue weighted by Crippen LogP contribution is -2.48. The standard InChI is InChI=1S/C18H20BrN3O4S/c1-3-25-17(23)15-12(10-22(2)9-11-6-7-14(19)27-11)20-18(24)21-16(15)13-5-4-8-26-13/h4-8,16H,3,9-10H2,1-2H3,(H2,20,21,24). The molecule has 1 aliphatic heterocycles. The fourth-order valence-corrected chi connectivity index (χ4v) is 4.45. The molecule has 0 aliphatic carbocycles. The summed E-state index contributed by atoms with van der Waals surface area (Å²) in [6.45, 7) is 3.06. The number of furan rings is 1. The number of amides is 2. The maximum atomic E-state index is 12.6. The van der Waals surface area contributed by atoms with Gasteiger partial charge in [0.2, 0.25) is 0 Å². The normalized spacial score (nSPS) is 17.0. The van der Waals surface area contributed by atoms with Gasteiger partial charge in [0.25, 0.3) is 0 Å². The second kappa shape index (κ2) is 8.73. The lowest BCUT2D eigenvalue weighted by atomic mass is 10.00. The van der Waals surface area contributed by atoms with Crippen molar-refractivity contribution < 1.29 is 18.7 Å². The van der Waals surface area contributed by atoms with Gasteiger partial charge in [-0.2, -0.15) is 0 Å². The minimum atomic E-state index is -0.688. The lowest BCUT2D eigenvalue weighted by Gasteiger charge is -2.29. The number of nitrogens with one attached hydrogen (secondary N) is 2. The number of thiophene rings is 1. The molecule has 1 atom stereocenters. The Balaban J connectivity index is 1.89. The van der Waals surface area contributed by atoms with Crippen molar-refractivity contribution >= 4 is 39.3 Å². The van der Waals surface area contributed by atoms with Gasteiger partial charge in [-0.05, 0) is 54.2 Å². The van der Waals surface area contributed by atoms with Crippen LogP contribution < -0.4 is 10.6 Å². The molecule has 0 saturated carbocycles. The van der Waals surface area contributed by atoms with Crippen LogP contribution in [0.1, 0.15) is 23.6 Å². The first kappa shape index (κ1) is 19.7. The van der Waals surface area contributed by atoms with E-state index >= 15 is 0 Å². The number of urea groups is 1. The molecular weight excluding hydrogens is 434 g/mol. The topological polar surface area (TPSA) is 83.8 Å². The van der Waals surface area contributed by atoms with Gasteiger partial charge in [0.1, 0.15) is 11.8 Å². The van der Waals surface area contributed by atoms with E-state index in [1.807, 2.05) is 24.1 Å². The summed E-state index contributed by atoms with van der Waals surface area (Å²) < 4.78 is 11.7. The number of hydrogen-bond acceptors (Lipinski definition) is 6. The molecule has 9 heteroatoms. The molecule has 0 radical (unpaired) electrons. The Hall–Kier alpha value is -2.10. The molecule has 1 unspecified atom stereocenters. The third-order valence-electron chi connectivity index (χ3n) is 3.96. The fourth-order valence-electron chi connectivity index (χ4n) is 2.89. The predicted octanol–water partition coefficient (Wildman–Crippen LogP) is 3.41. The quantitative estimate of drug-likeness (QED) is 0.627. The summed E-state index contributed by atoms with van der Waals surface area (Å²) in [4.78, 5) is 28.0. The molecule has 1 aliphatic rings. The Morgan fingerprint density at radius 3 is 2.81 bits per heavy atom. The highest BCUT2D eigenvalue weighted by molar-refractivity contribution is 9.11. The van der Waals surface area contributed by atoms with Crippen molar-refractivity contribution in [2.24, 2.45) is 0 Å². The number of nitrogens with zero attached hydrogens (tertiary/aromatic N) is 1. The van der Waals surface area contributed by atoms with Crippen LogP contribution in [0, 0.1) is 0 Å². The number of esters is 1. The van der Waals surface area contributed by atoms with E-state index in [2.05, 4.69) is 26.6 Å². The van der Waals surface area contributed by atoms with Gasteiger partial charge in [-0.3, -0.25) is 4.90 Å². The molecular formula is C18H20BrN3O4S. The number of ether oxygens (including phenoxy) is 1. The summed E-state index contributed by atoms with van der Waals surface area (Å²) in [7, 11) is 1.93. The number of carbonyl (C=O) groups is 2. The average Bonchev–Trinajstić information content (AvgIpc) is 3.26. The Bertz CT molecular complexity index is 847. The molecule has 2 aromatic heterocycles. The Morgan fingerprint density at radius 1 is 1.37 bits per heavy atom. The molecule has 0 fully saturated rings. The third-order valence-corrected chi connectivity index (χ3v) is 5.57. The predicted molar refractivity (Wildman–Crippen MR) is 105 cm³/mol. The van der Waals surface area contributed by atoms with E-state index in [1.165, 1.54) is 11.1 Å². The monoisotopic (exact) mass is 453 g/mol. The number of halogens is 1. The zero-order chi connectivity index (χ0) is 19.4. The van der Waals surface area contributed by atoms with Gasteiger partial charge in [-0.25, -0.2) is 9.59 Å². The van der Waals surface area contributed by atoms with Crippen LogP contribution in [0.2, 0.25) is 0 Å². The van der Waals surface area contributed by atoms with E-state index in [4.69, 9.17) is 9.15 Å². The maximum Gasteiger partial charge on any atom is 0.338 e. The van der Waals surface area contributed by atoms with Crippen LogP contribution in [-0.2, 0) is 16.1 Å². The highest BCUT2D eigenvalue weighted by atomic mass is 79.9. The van der Waals surface area contributed by atoms with Gasteiger partial charge in [0.15, 0.2) is 0 Å². The second-order valence-corrected chi connectivity index (χ2v) is 8.59. The minimum absolute atomic E-state index is 0.244. The number of rotatable bonds is 7. The molecule has 2 aromatic rings. The summed E-state index contributed by atoms with van der Waals surface area (Å²) >= 11 is 5.10. The first-order valence-corrected chi connectivity index (χ1v) is 10.0. The summed E-state index contributed by atoms with van der Waals surface area (Å²) in [5, 5.41) is 5.50. The smallest absolute Gasteiger partial charge is 0.338 e. The van der Waals surface area contributed by atoms with Crippen molar-refractivity contribution in [3.63, 3.8) is 0 Å². The van der Waals surface area contributed by atoms with Crippen LogP contribution in [0.4, 0.5) is 4.79 Å². The zero-order valence-corrected chi connectivity index (χ0v) is 17.4. The van der Waals surface area contributed by atoms with E-state index in [0.29, 0.717) is 30.1 Å². The van der Waals surface area contributed by atoms with E-state index in [-0.39, 0.29) is 12.6 Å². The van der Waals surface area contributed by atoms with Gasteiger partial charge < -0.3 is 19.8 Å². The van der Waals surface area contributed by atoms with E-state index in [9.17, 15) is 9.59 Å². The Morgan fingerprint density at radius 2 is 2.19 bits per heavy atom. The molecule has 144 valence electrons. The van der Waals surface area contributed by atoms with E-state index in [0.717, 1.165) is 3.79 Å². The summed E-state index contributed by atoms with van der Waals surface area (Å²) in [5.74, 6) is 0.00362. The van der Waals surface area contributed by atoms with Crippen LogP contribution in [0.5, 0.6) is 0 Å². The van der Waals surface area contributed by atoms with Gasteiger partial charge in [-0.15, -0.1) is 11.3 Å². The van der Waals surface area contributed by atoms with Gasteiger partial charge in [0, 0.05) is 23.7 Å². The van der Waals surface area contributed by atoms with Crippen molar-refractivity contribution in [3.8, 4) is 0 Å². The maximum absolute atomic E-state index is 12.6. The van der Waals surface area contributed by atoms with Crippen LogP contribution in [0.15, 0.2) is 50.0 Å². The molecule has 2 amide bonds. The molecule has 0 spiro atoms. The van der Waals surface area contributed by atoms with E-state index in [1.54, 1.807) is 30.4 Å². The molecule has 0 saturated heterocycles. The summed E-state index contributed by atoms with van der Waals surface area (Å²) in [5.41, 5.74) is 0.863. The van der Waals surface area contributed by atoms with Crippen molar-refractivity contribution in [2.75, 3.05) is 20.2 Å². The van der Waals surface area contributed by atoms with Crippen molar-refractivity contribution in [3.05, 3.63) is 56.2 Å². The average molecular weight is 454 g/mol. The Kier molecular flexibility index (Phi) is 6.35. The van der Waals surface area contributed by atoms with Gasteiger partial charge in [-0.1, -0.05) is 0 Å². The highest BCUT2D eigenvalue weighted by Gasteiger charge is 2.35. The van der Waals surface area contributed by atoms with Crippen LogP contribution in [-0.4, -0.2) is 37.1 Å². The number of hydrogen-bond donors (Lipinski definition) is 2. The largest absolute Gasteiger partial charge is 0.467 e. The van der Waals surface area contributed by atoms with Gasteiger partial charge >= 0.3 is 12.0 Å². The second-order valence-electron chi connectivity index (χ2n) is 6.04. The molecule has 7 nitrogen and oxygen atoms in total. The van der Waals surface area contributed by atoms with Crippen LogP contribution >= 0.6 is 27.3 Å². The van der Waals surface area contributed by atoms with Crippen LogP contribution in [0.3, 0.4) is 0 Å². The minimum Gasteiger partial charge on any atom is -0.467 e. The fraction of sp³-hybridized carbons (Fsp3) is 0.333. The SMILES string of the molecule is CCOC(=O)C1=C(CN(C)Cc2ccc(Br)s2)NC(=O)NC1c1ccco1. The van der Waals surface area contributed by atoms with Crippen molar-refractivity contribution in [1.29, 1.82) is 0 Å². The molecule has 0 aromatic carbocycles. The molecule has 3 heterocycles. The molecule has 0 bridgehead atoms. The van der Waals surface area contributed by atoms with Gasteiger partial charge in [0.05, 0.1) is 22.2 Å². The third kappa shape index (κ3) is 4.79. The molecule has 3 rings (SSSR count). The van der Waals surface area contributed by atoms with Crippen LogP contribution in [0.25, 0.3) is 0 Å². The van der Waals surface area contributed by atoms with Crippen molar-refractivity contribution in [1.82, 2.24) is 15.5 Å². The summed E-state index contributed by atoms with van der Waals surface area (Å²) in [6, 6.07) is 6.40. The van der Waals surface area contributed by atoms with E-state index < -0.39 is 12.0 Å². The first-order valence-electron chi connectivity index (χ1n) is 8.41. The molecule has 2 N–H and O–H groups in total. The lowest BCUT2D eigenvalue weighted by molar-refractivity contribution is -0.139. The van der Waals surface area contributed by atoms with Crippen molar-refractivity contribution in [2.45, 2.75) is 19.5 Å². The zero-order valence-electron chi connectivity index (χ0n) is 15.0. The summed E-state index contributed by atoms with van der Waals surface area (Å²) in [6.07, 6.45) is 1.51. The number of likely N-dealkylation sites (N-methyl/N-ethyl adjacent to an activating group) is 1. The highest BCUT2D eigenvalue weighted by Crippen LogP contribution is 2.29.